The first-order valence-electron chi connectivity index (χ1n) is 7.11. The minimum atomic E-state index is -4.39. The predicted octanol–water partition coefficient (Wildman–Crippen LogP) is 2.99. The Labute approximate surface area is 121 Å². The number of amides is 1. The SMILES string of the molecule is CCC1NC(c2ccccc2)N(C2(C(F)(F)F)CC2)C1=O. The fourth-order valence-corrected chi connectivity index (χ4v) is 3.04. The summed E-state index contributed by atoms with van der Waals surface area (Å²) in [5.41, 5.74) is -1.29. The van der Waals surface area contributed by atoms with E-state index in [1.165, 1.54) is 0 Å². The fourth-order valence-electron chi connectivity index (χ4n) is 3.04. The maximum absolute atomic E-state index is 13.4. The second-order valence-corrected chi connectivity index (χ2v) is 5.68. The second-order valence-electron chi connectivity index (χ2n) is 5.68. The van der Waals surface area contributed by atoms with Crippen molar-refractivity contribution in [3.05, 3.63) is 35.9 Å². The van der Waals surface area contributed by atoms with Crippen molar-refractivity contribution in [2.24, 2.45) is 0 Å². The molecule has 1 aliphatic heterocycles. The first-order valence-corrected chi connectivity index (χ1v) is 7.11. The number of hydrogen-bond acceptors (Lipinski definition) is 2. The molecule has 2 unspecified atom stereocenters. The van der Waals surface area contributed by atoms with Crippen molar-refractivity contribution in [2.45, 2.75) is 50.1 Å². The third-order valence-electron chi connectivity index (χ3n) is 4.39. The zero-order valence-electron chi connectivity index (χ0n) is 11.7. The smallest absolute Gasteiger partial charge is 0.307 e. The zero-order valence-corrected chi connectivity index (χ0v) is 11.7. The Morgan fingerprint density at radius 1 is 1.29 bits per heavy atom. The molecule has 114 valence electrons. The van der Waals surface area contributed by atoms with Gasteiger partial charge in [0.2, 0.25) is 5.91 Å². The normalized spacial score (nSPS) is 28.0. The van der Waals surface area contributed by atoms with E-state index in [1.54, 1.807) is 37.3 Å². The summed E-state index contributed by atoms with van der Waals surface area (Å²) in [7, 11) is 0. The molecule has 3 rings (SSSR count). The molecule has 0 spiro atoms. The monoisotopic (exact) mass is 298 g/mol. The summed E-state index contributed by atoms with van der Waals surface area (Å²) in [4.78, 5) is 13.5. The van der Waals surface area contributed by atoms with Crippen molar-refractivity contribution in [1.82, 2.24) is 10.2 Å². The van der Waals surface area contributed by atoms with Gasteiger partial charge in [0, 0.05) is 0 Å². The van der Waals surface area contributed by atoms with E-state index in [1.807, 2.05) is 0 Å². The van der Waals surface area contributed by atoms with Crippen LogP contribution in [0.1, 0.15) is 37.9 Å². The molecule has 0 radical (unpaired) electrons. The van der Waals surface area contributed by atoms with Gasteiger partial charge >= 0.3 is 6.18 Å². The molecule has 3 nitrogen and oxygen atoms in total. The summed E-state index contributed by atoms with van der Waals surface area (Å²) in [6.45, 7) is 1.80. The van der Waals surface area contributed by atoms with Crippen LogP contribution in [0.2, 0.25) is 0 Å². The lowest BCUT2D eigenvalue weighted by Gasteiger charge is -2.34. The predicted molar refractivity (Wildman–Crippen MR) is 71.3 cm³/mol. The van der Waals surface area contributed by atoms with E-state index in [0.717, 1.165) is 4.90 Å². The van der Waals surface area contributed by atoms with Gasteiger partial charge in [-0.15, -0.1) is 0 Å². The number of halogens is 3. The molecule has 6 heteroatoms. The van der Waals surface area contributed by atoms with Crippen LogP contribution in [0.3, 0.4) is 0 Å². The summed E-state index contributed by atoms with van der Waals surface area (Å²) in [6.07, 6.45) is -4.63. The minimum absolute atomic E-state index is 0.0102. The Hall–Kier alpha value is -1.56. The maximum Gasteiger partial charge on any atom is 0.411 e. The van der Waals surface area contributed by atoms with E-state index in [9.17, 15) is 18.0 Å². The standard InChI is InChI=1S/C15H17F3N2O/c1-2-11-13(21)20(14(8-9-14)15(16,17)18)12(19-11)10-6-4-3-5-7-10/h3-7,11-12,19H,2,8-9H2,1H3. The van der Waals surface area contributed by atoms with Crippen molar-refractivity contribution < 1.29 is 18.0 Å². The van der Waals surface area contributed by atoms with Crippen LogP contribution >= 0.6 is 0 Å². The van der Waals surface area contributed by atoms with Crippen LogP contribution in [0.15, 0.2) is 30.3 Å². The third-order valence-corrected chi connectivity index (χ3v) is 4.39. The molecule has 1 aromatic carbocycles. The van der Waals surface area contributed by atoms with Gasteiger partial charge < -0.3 is 4.90 Å². The average Bonchev–Trinajstić information content (AvgIpc) is 3.19. The molecule has 2 fully saturated rings. The molecule has 1 N–H and O–H groups in total. The molecule has 1 aliphatic carbocycles. The lowest BCUT2D eigenvalue weighted by atomic mass is 10.1. The van der Waals surface area contributed by atoms with Crippen LogP contribution in [0, 0.1) is 0 Å². The third kappa shape index (κ3) is 2.12. The van der Waals surface area contributed by atoms with Crippen LogP contribution in [0.4, 0.5) is 13.2 Å². The number of benzene rings is 1. The van der Waals surface area contributed by atoms with E-state index in [-0.39, 0.29) is 12.8 Å². The van der Waals surface area contributed by atoms with Crippen molar-refractivity contribution in [2.75, 3.05) is 0 Å². The Bertz CT molecular complexity index is 540. The summed E-state index contributed by atoms with van der Waals surface area (Å²) >= 11 is 0. The molecule has 2 atom stereocenters. The topological polar surface area (TPSA) is 32.3 Å². The molecule has 21 heavy (non-hydrogen) atoms. The van der Waals surface area contributed by atoms with Gasteiger partial charge in [0.05, 0.1) is 6.04 Å². The highest BCUT2D eigenvalue weighted by molar-refractivity contribution is 5.86. The lowest BCUT2D eigenvalue weighted by Crippen LogP contribution is -2.51. The van der Waals surface area contributed by atoms with Crippen LogP contribution in [0.25, 0.3) is 0 Å². The summed E-state index contributed by atoms with van der Waals surface area (Å²) in [6, 6.07) is 8.30. The number of carbonyl (C=O) groups excluding carboxylic acids is 1. The van der Waals surface area contributed by atoms with Crippen LogP contribution in [-0.2, 0) is 4.79 Å². The highest BCUT2D eigenvalue weighted by Gasteiger charge is 2.70. The molecule has 0 bridgehead atoms. The number of alkyl halides is 3. The Morgan fingerprint density at radius 3 is 2.38 bits per heavy atom. The Balaban J connectivity index is 2.01. The number of rotatable bonds is 3. The van der Waals surface area contributed by atoms with Crippen LogP contribution in [0.5, 0.6) is 0 Å². The number of hydrogen-bond donors (Lipinski definition) is 1. The van der Waals surface area contributed by atoms with Gasteiger partial charge in [0.15, 0.2) is 0 Å². The van der Waals surface area contributed by atoms with Crippen molar-refractivity contribution in [3.8, 4) is 0 Å². The van der Waals surface area contributed by atoms with Crippen LogP contribution in [-0.4, -0.2) is 28.6 Å². The minimum Gasteiger partial charge on any atom is -0.307 e. The van der Waals surface area contributed by atoms with Gasteiger partial charge in [-0.1, -0.05) is 37.3 Å². The molecule has 1 saturated carbocycles. The van der Waals surface area contributed by atoms with E-state index < -0.39 is 29.8 Å². The molecular formula is C15H17F3N2O. The summed E-state index contributed by atoms with van der Waals surface area (Å²) in [5, 5.41) is 3.05. The first kappa shape index (κ1) is 14.4. The fraction of sp³-hybridized carbons (Fsp3) is 0.533. The average molecular weight is 298 g/mol. The van der Waals surface area contributed by atoms with Gasteiger partial charge in [0.1, 0.15) is 11.7 Å². The number of carbonyl (C=O) groups is 1. The molecule has 0 aromatic heterocycles. The highest BCUT2D eigenvalue weighted by atomic mass is 19.4. The molecule has 1 aromatic rings. The molecule has 1 saturated heterocycles. The van der Waals surface area contributed by atoms with Gasteiger partial charge in [-0.05, 0) is 24.8 Å². The molecule has 1 amide bonds. The van der Waals surface area contributed by atoms with Crippen molar-refractivity contribution in [3.63, 3.8) is 0 Å². The molecular weight excluding hydrogens is 281 g/mol. The number of nitrogens with zero attached hydrogens (tertiary/aromatic N) is 1. The van der Waals surface area contributed by atoms with Gasteiger partial charge in [0.25, 0.3) is 0 Å². The zero-order chi connectivity index (χ0) is 15.3. The van der Waals surface area contributed by atoms with Crippen LogP contribution < -0.4 is 5.32 Å². The molecule has 2 aliphatic rings. The van der Waals surface area contributed by atoms with Gasteiger partial charge in [-0.25, -0.2) is 0 Å². The highest BCUT2D eigenvalue weighted by Crippen LogP contribution is 2.57. The summed E-state index contributed by atoms with van der Waals surface area (Å²) < 4.78 is 40.3. The maximum atomic E-state index is 13.4. The Kier molecular flexibility index (Phi) is 3.24. The van der Waals surface area contributed by atoms with E-state index >= 15 is 0 Å². The summed E-state index contributed by atoms with van der Waals surface area (Å²) in [5.74, 6) is -0.443. The lowest BCUT2D eigenvalue weighted by molar-refractivity contribution is -0.202. The molecule has 1 heterocycles. The van der Waals surface area contributed by atoms with Crippen molar-refractivity contribution >= 4 is 5.91 Å². The van der Waals surface area contributed by atoms with Gasteiger partial charge in [-0.2, -0.15) is 13.2 Å². The second kappa shape index (κ2) is 4.73. The van der Waals surface area contributed by atoms with E-state index in [4.69, 9.17) is 0 Å². The first-order chi connectivity index (χ1) is 9.90. The largest absolute Gasteiger partial charge is 0.411 e. The number of nitrogens with one attached hydrogen (secondary N) is 1. The quantitative estimate of drug-likeness (QED) is 0.930. The van der Waals surface area contributed by atoms with Gasteiger partial charge in [-0.3, -0.25) is 10.1 Å². The van der Waals surface area contributed by atoms with E-state index in [2.05, 4.69) is 5.32 Å². The van der Waals surface area contributed by atoms with E-state index in [0.29, 0.717) is 12.0 Å². The Morgan fingerprint density at radius 2 is 1.90 bits per heavy atom. The van der Waals surface area contributed by atoms with Crippen molar-refractivity contribution in [1.29, 1.82) is 0 Å².